The van der Waals surface area contributed by atoms with Gasteiger partial charge in [0.15, 0.2) is 0 Å². The molecule has 6 nitrogen and oxygen atoms in total. The summed E-state index contributed by atoms with van der Waals surface area (Å²) < 4.78 is 14.8. The fourth-order valence-corrected chi connectivity index (χ4v) is 3.34. The Labute approximate surface area is 146 Å². The number of piperidine rings is 1. The van der Waals surface area contributed by atoms with Gasteiger partial charge in [-0.1, -0.05) is 12.1 Å². The van der Waals surface area contributed by atoms with Crippen molar-refractivity contribution in [1.82, 2.24) is 19.7 Å². The number of amides is 1. The molecule has 1 aromatic carbocycles. The molecule has 1 N–H and O–H groups in total. The van der Waals surface area contributed by atoms with E-state index in [9.17, 15) is 14.3 Å². The van der Waals surface area contributed by atoms with Crippen molar-refractivity contribution in [3.8, 4) is 0 Å². The van der Waals surface area contributed by atoms with E-state index in [1.165, 1.54) is 18.5 Å². The molecule has 0 bridgehead atoms. The van der Waals surface area contributed by atoms with E-state index in [1.54, 1.807) is 28.0 Å². The number of benzene rings is 1. The van der Waals surface area contributed by atoms with Crippen LogP contribution in [0.1, 0.15) is 31.2 Å². The first-order chi connectivity index (χ1) is 12.1. The van der Waals surface area contributed by atoms with Gasteiger partial charge in [0.2, 0.25) is 5.91 Å². The van der Waals surface area contributed by atoms with Gasteiger partial charge in [0, 0.05) is 19.5 Å². The Balaban J connectivity index is 1.60. The first kappa shape index (κ1) is 17.5. The maximum absolute atomic E-state index is 13.1. The summed E-state index contributed by atoms with van der Waals surface area (Å²) in [5, 5.41) is 14.4. The summed E-state index contributed by atoms with van der Waals surface area (Å²) in [5.41, 5.74) is 0.924. The number of hydrogen-bond donors (Lipinski definition) is 1. The van der Waals surface area contributed by atoms with Gasteiger partial charge in [0.1, 0.15) is 18.5 Å². The lowest BCUT2D eigenvalue weighted by Gasteiger charge is -2.39. The Bertz CT molecular complexity index is 675. The average Bonchev–Trinajstić information content (AvgIpc) is 3.12. The monoisotopic (exact) mass is 346 g/mol. The SMILES string of the molecule is O=C(CCCn1cncn1)N1CCC[C@H](O)[C@@H]1Cc1ccc(F)cc1. The summed E-state index contributed by atoms with van der Waals surface area (Å²) in [6.07, 6.45) is 5.68. The molecule has 2 aromatic rings. The van der Waals surface area contributed by atoms with E-state index in [2.05, 4.69) is 10.1 Å². The number of aromatic nitrogens is 3. The van der Waals surface area contributed by atoms with Crippen molar-refractivity contribution < 1.29 is 14.3 Å². The van der Waals surface area contributed by atoms with Gasteiger partial charge < -0.3 is 10.0 Å². The van der Waals surface area contributed by atoms with Crippen LogP contribution in [0.4, 0.5) is 4.39 Å². The van der Waals surface area contributed by atoms with Crippen LogP contribution >= 0.6 is 0 Å². The molecule has 1 saturated heterocycles. The molecule has 25 heavy (non-hydrogen) atoms. The van der Waals surface area contributed by atoms with Crippen molar-refractivity contribution in [3.63, 3.8) is 0 Å². The van der Waals surface area contributed by atoms with Crippen LogP contribution in [0.2, 0.25) is 0 Å². The lowest BCUT2D eigenvalue weighted by Crippen LogP contribution is -2.52. The first-order valence-corrected chi connectivity index (χ1v) is 8.68. The van der Waals surface area contributed by atoms with Crippen LogP contribution in [-0.2, 0) is 17.8 Å². The second-order valence-corrected chi connectivity index (χ2v) is 6.46. The fourth-order valence-electron chi connectivity index (χ4n) is 3.34. The number of likely N-dealkylation sites (tertiary alicyclic amines) is 1. The zero-order valence-corrected chi connectivity index (χ0v) is 14.1. The Hall–Kier alpha value is -2.28. The molecule has 0 saturated carbocycles. The molecule has 7 heteroatoms. The first-order valence-electron chi connectivity index (χ1n) is 8.68. The van der Waals surface area contributed by atoms with Crippen LogP contribution in [0.15, 0.2) is 36.9 Å². The third-order valence-electron chi connectivity index (χ3n) is 4.67. The van der Waals surface area contributed by atoms with E-state index >= 15 is 0 Å². The van der Waals surface area contributed by atoms with Crippen molar-refractivity contribution in [2.24, 2.45) is 0 Å². The summed E-state index contributed by atoms with van der Waals surface area (Å²) in [4.78, 5) is 18.3. The normalized spacial score (nSPS) is 20.6. The molecule has 1 aromatic heterocycles. The second-order valence-electron chi connectivity index (χ2n) is 6.46. The Morgan fingerprint density at radius 1 is 1.32 bits per heavy atom. The minimum Gasteiger partial charge on any atom is -0.391 e. The molecule has 1 fully saturated rings. The largest absolute Gasteiger partial charge is 0.391 e. The maximum atomic E-state index is 13.1. The number of aliphatic hydroxyl groups is 1. The Kier molecular flexibility index (Phi) is 5.75. The van der Waals surface area contributed by atoms with Crippen LogP contribution in [0, 0.1) is 5.82 Å². The summed E-state index contributed by atoms with van der Waals surface area (Å²) in [6, 6.07) is 6.00. The van der Waals surface area contributed by atoms with Crippen molar-refractivity contribution in [1.29, 1.82) is 0 Å². The fraction of sp³-hybridized carbons (Fsp3) is 0.500. The van der Waals surface area contributed by atoms with E-state index in [-0.39, 0.29) is 17.8 Å². The third-order valence-corrected chi connectivity index (χ3v) is 4.67. The Morgan fingerprint density at radius 2 is 2.12 bits per heavy atom. The van der Waals surface area contributed by atoms with Gasteiger partial charge in [-0.05, 0) is 43.4 Å². The van der Waals surface area contributed by atoms with Crippen LogP contribution in [-0.4, -0.2) is 49.4 Å². The standard InChI is InChI=1S/C18H23FN4O2/c19-15-7-5-14(6-8-15)11-16-17(24)3-1-10-23(16)18(25)4-2-9-22-13-20-12-21-22/h5-8,12-13,16-17,24H,1-4,9-11H2/t16-,17-/m0/s1. The molecule has 2 heterocycles. The number of aryl methyl sites for hydroxylation is 1. The smallest absolute Gasteiger partial charge is 0.222 e. The van der Waals surface area contributed by atoms with E-state index in [4.69, 9.17) is 0 Å². The topological polar surface area (TPSA) is 71.2 Å². The number of hydrogen-bond acceptors (Lipinski definition) is 4. The van der Waals surface area contributed by atoms with E-state index in [0.29, 0.717) is 38.8 Å². The van der Waals surface area contributed by atoms with Crippen LogP contribution in [0.3, 0.4) is 0 Å². The van der Waals surface area contributed by atoms with Gasteiger partial charge in [-0.3, -0.25) is 9.48 Å². The summed E-state index contributed by atoms with van der Waals surface area (Å²) in [6.45, 7) is 1.30. The number of carbonyl (C=O) groups is 1. The van der Waals surface area contributed by atoms with Gasteiger partial charge >= 0.3 is 0 Å². The van der Waals surface area contributed by atoms with E-state index in [0.717, 1.165) is 12.0 Å². The maximum Gasteiger partial charge on any atom is 0.222 e. The molecule has 1 amide bonds. The molecular formula is C18H23FN4O2. The predicted octanol–water partition coefficient (Wildman–Crippen LogP) is 1.79. The number of nitrogens with zero attached hydrogens (tertiary/aromatic N) is 4. The summed E-state index contributed by atoms with van der Waals surface area (Å²) >= 11 is 0. The quantitative estimate of drug-likeness (QED) is 0.866. The van der Waals surface area contributed by atoms with Crippen LogP contribution in [0.5, 0.6) is 0 Å². The minimum atomic E-state index is -0.543. The predicted molar refractivity (Wildman–Crippen MR) is 90.1 cm³/mol. The molecule has 0 aliphatic carbocycles. The van der Waals surface area contributed by atoms with Crippen LogP contribution in [0.25, 0.3) is 0 Å². The van der Waals surface area contributed by atoms with Crippen molar-refractivity contribution in [3.05, 3.63) is 48.3 Å². The molecule has 2 atom stereocenters. The van der Waals surface area contributed by atoms with E-state index < -0.39 is 6.10 Å². The van der Waals surface area contributed by atoms with Crippen molar-refractivity contribution in [2.45, 2.75) is 50.8 Å². The highest BCUT2D eigenvalue weighted by Gasteiger charge is 2.32. The Morgan fingerprint density at radius 3 is 2.84 bits per heavy atom. The third kappa shape index (κ3) is 4.63. The highest BCUT2D eigenvalue weighted by atomic mass is 19.1. The molecule has 0 spiro atoms. The summed E-state index contributed by atoms with van der Waals surface area (Å²) in [7, 11) is 0. The van der Waals surface area contributed by atoms with Gasteiger partial charge in [0.25, 0.3) is 0 Å². The lowest BCUT2D eigenvalue weighted by molar-refractivity contribution is -0.138. The molecule has 0 unspecified atom stereocenters. The average molecular weight is 346 g/mol. The number of rotatable bonds is 6. The van der Waals surface area contributed by atoms with E-state index in [1.807, 2.05) is 0 Å². The second kappa shape index (κ2) is 8.20. The molecule has 0 radical (unpaired) electrons. The molecule has 1 aliphatic rings. The number of aliphatic hydroxyl groups excluding tert-OH is 1. The molecule has 134 valence electrons. The van der Waals surface area contributed by atoms with Crippen molar-refractivity contribution in [2.75, 3.05) is 6.54 Å². The van der Waals surface area contributed by atoms with Crippen molar-refractivity contribution >= 4 is 5.91 Å². The number of halogens is 1. The minimum absolute atomic E-state index is 0.0472. The lowest BCUT2D eigenvalue weighted by atomic mass is 9.92. The molecule has 3 rings (SSSR count). The highest BCUT2D eigenvalue weighted by Crippen LogP contribution is 2.23. The molecular weight excluding hydrogens is 323 g/mol. The van der Waals surface area contributed by atoms with Gasteiger partial charge in [-0.2, -0.15) is 5.10 Å². The van der Waals surface area contributed by atoms with Gasteiger partial charge in [-0.15, -0.1) is 0 Å². The zero-order valence-electron chi connectivity index (χ0n) is 14.1. The van der Waals surface area contributed by atoms with Gasteiger partial charge in [-0.25, -0.2) is 9.37 Å². The van der Waals surface area contributed by atoms with Crippen LogP contribution < -0.4 is 0 Å². The molecule has 1 aliphatic heterocycles. The summed E-state index contributed by atoms with van der Waals surface area (Å²) in [5.74, 6) is -0.236. The van der Waals surface area contributed by atoms with Gasteiger partial charge in [0.05, 0.1) is 12.1 Å². The number of carbonyl (C=O) groups excluding carboxylic acids is 1. The zero-order chi connectivity index (χ0) is 17.6. The highest BCUT2D eigenvalue weighted by molar-refractivity contribution is 5.76.